The molecule has 1 heterocycles. The van der Waals surface area contributed by atoms with E-state index in [0.717, 1.165) is 38.7 Å². The van der Waals surface area contributed by atoms with Gasteiger partial charge in [-0.05, 0) is 19.8 Å². The molecule has 0 aliphatic carbocycles. The second-order valence-corrected chi connectivity index (χ2v) is 4.39. The molecule has 0 aromatic carbocycles. The van der Waals surface area contributed by atoms with Gasteiger partial charge in [0.05, 0.1) is 13.3 Å². The molecule has 1 saturated heterocycles. The smallest absolute Gasteiger partial charge is 0.193 e. The summed E-state index contributed by atoms with van der Waals surface area (Å²) in [6.45, 7) is 5.77. The molecule has 1 N–H and O–H groups in total. The lowest BCUT2D eigenvalue weighted by atomic mass is 10.1. The Morgan fingerprint density at radius 3 is 2.89 bits per heavy atom. The quantitative estimate of drug-likeness (QED) is 0.335. The van der Waals surface area contributed by atoms with Crippen molar-refractivity contribution in [1.29, 1.82) is 0 Å². The monoisotopic (exact) mass is 373 g/mol. The first-order valence-corrected chi connectivity index (χ1v) is 6.41. The standard InChI is InChI=1S/C12H24FN3O.HI/c1-3-14-12(15-7-4-6-13)16(2)9-11-5-8-17-10-11;/h11H,3-10H2,1-2H3,(H,14,15);1H. The highest BCUT2D eigenvalue weighted by Crippen LogP contribution is 2.13. The molecular weight excluding hydrogens is 348 g/mol. The van der Waals surface area contributed by atoms with E-state index in [9.17, 15) is 4.39 Å². The van der Waals surface area contributed by atoms with E-state index in [1.807, 2.05) is 14.0 Å². The lowest BCUT2D eigenvalue weighted by Crippen LogP contribution is -2.41. The molecule has 1 atom stereocenters. The number of hydrogen-bond acceptors (Lipinski definition) is 2. The van der Waals surface area contributed by atoms with Crippen molar-refractivity contribution in [3.05, 3.63) is 0 Å². The SMILES string of the molecule is CCNC(=NCCCF)N(C)CC1CCOC1.I. The molecule has 18 heavy (non-hydrogen) atoms. The van der Waals surface area contributed by atoms with Gasteiger partial charge in [0.25, 0.3) is 0 Å². The highest BCUT2D eigenvalue weighted by Gasteiger charge is 2.18. The normalized spacial score (nSPS) is 19.5. The number of guanidine groups is 1. The summed E-state index contributed by atoms with van der Waals surface area (Å²) in [4.78, 5) is 6.51. The molecule has 4 nitrogen and oxygen atoms in total. The zero-order chi connectivity index (χ0) is 12.5. The van der Waals surface area contributed by atoms with Crippen molar-refractivity contribution >= 4 is 29.9 Å². The Morgan fingerprint density at radius 1 is 1.56 bits per heavy atom. The first-order chi connectivity index (χ1) is 8.27. The number of ether oxygens (including phenoxy) is 1. The Morgan fingerprint density at radius 2 is 2.33 bits per heavy atom. The minimum Gasteiger partial charge on any atom is -0.381 e. The number of nitrogens with one attached hydrogen (secondary N) is 1. The fourth-order valence-corrected chi connectivity index (χ4v) is 1.92. The number of aliphatic imine (C=N–C) groups is 1. The fourth-order valence-electron chi connectivity index (χ4n) is 1.92. The van der Waals surface area contributed by atoms with Crippen molar-refractivity contribution in [2.24, 2.45) is 10.9 Å². The maximum absolute atomic E-state index is 12.0. The van der Waals surface area contributed by atoms with Crippen molar-refractivity contribution in [3.8, 4) is 0 Å². The first-order valence-electron chi connectivity index (χ1n) is 6.41. The summed E-state index contributed by atoms with van der Waals surface area (Å²) in [5, 5.41) is 3.23. The number of nitrogens with zero attached hydrogens (tertiary/aromatic N) is 2. The van der Waals surface area contributed by atoms with Gasteiger partial charge in [0, 0.05) is 39.2 Å². The maximum Gasteiger partial charge on any atom is 0.193 e. The van der Waals surface area contributed by atoms with Gasteiger partial charge in [0.1, 0.15) is 0 Å². The van der Waals surface area contributed by atoms with Gasteiger partial charge in [-0.3, -0.25) is 9.38 Å². The number of rotatable bonds is 6. The van der Waals surface area contributed by atoms with Crippen LogP contribution in [0.3, 0.4) is 0 Å². The number of hydrogen-bond donors (Lipinski definition) is 1. The van der Waals surface area contributed by atoms with Gasteiger partial charge < -0.3 is 15.0 Å². The maximum atomic E-state index is 12.0. The number of halogens is 2. The second kappa shape index (κ2) is 10.8. The van der Waals surface area contributed by atoms with Crippen molar-refractivity contribution in [2.75, 3.05) is 46.6 Å². The largest absolute Gasteiger partial charge is 0.381 e. The van der Waals surface area contributed by atoms with E-state index in [4.69, 9.17) is 4.74 Å². The molecular formula is C12H25FIN3O. The highest BCUT2D eigenvalue weighted by molar-refractivity contribution is 14.0. The van der Waals surface area contributed by atoms with Crippen LogP contribution >= 0.6 is 24.0 Å². The Labute approximate surface area is 126 Å². The van der Waals surface area contributed by atoms with E-state index in [1.54, 1.807) is 0 Å². The topological polar surface area (TPSA) is 36.9 Å². The Bertz CT molecular complexity index is 235. The van der Waals surface area contributed by atoms with Crippen LogP contribution in [0.25, 0.3) is 0 Å². The molecule has 0 saturated carbocycles. The van der Waals surface area contributed by atoms with Crippen LogP contribution in [-0.4, -0.2) is 57.4 Å². The van der Waals surface area contributed by atoms with Gasteiger partial charge >= 0.3 is 0 Å². The van der Waals surface area contributed by atoms with Crippen LogP contribution < -0.4 is 5.32 Å². The summed E-state index contributed by atoms with van der Waals surface area (Å²) in [5.41, 5.74) is 0. The van der Waals surface area contributed by atoms with E-state index >= 15 is 0 Å². The molecule has 6 heteroatoms. The summed E-state index contributed by atoms with van der Waals surface area (Å²) in [7, 11) is 2.02. The van der Waals surface area contributed by atoms with Crippen LogP contribution in [0.5, 0.6) is 0 Å². The van der Waals surface area contributed by atoms with Gasteiger partial charge in [-0.2, -0.15) is 0 Å². The fraction of sp³-hybridized carbons (Fsp3) is 0.917. The van der Waals surface area contributed by atoms with Gasteiger partial charge in [0.15, 0.2) is 5.96 Å². The van der Waals surface area contributed by atoms with Crippen LogP contribution in [-0.2, 0) is 4.74 Å². The molecule has 1 rings (SSSR count). The van der Waals surface area contributed by atoms with Crippen LogP contribution in [0.15, 0.2) is 4.99 Å². The van der Waals surface area contributed by atoms with Crippen molar-refractivity contribution < 1.29 is 9.13 Å². The minimum atomic E-state index is -0.302. The zero-order valence-corrected chi connectivity index (χ0v) is 13.7. The average Bonchev–Trinajstić information content (AvgIpc) is 2.81. The lowest BCUT2D eigenvalue weighted by Gasteiger charge is -2.24. The predicted octanol–water partition coefficient (Wildman–Crippen LogP) is 1.90. The second-order valence-electron chi connectivity index (χ2n) is 4.39. The molecule has 0 aromatic rings. The van der Waals surface area contributed by atoms with Crippen LogP contribution in [0.2, 0.25) is 0 Å². The number of alkyl halides is 1. The molecule has 1 aliphatic rings. The van der Waals surface area contributed by atoms with Gasteiger partial charge in [-0.15, -0.1) is 24.0 Å². The molecule has 1 unspecified atom stereocenters. The molecule has 1 fully saturated rings. The summed E-state index contributed by atoms with van der Waals surface area (Å²) in [6, 6.07) is 0. The van der Waals surface area contributed by atoms with Crippen LogP contribution in [0.4, 0.5) is 4.39 Å². The summed E-state index contributed by atoms with van der Waals surface area (Å²) >= 11 is 0. The lowest BCUT2D eigenvalue weighted by molar-refractivity contribution is 0.181. The molecule has 0 radical (unpaired) electrons. The summed E-state index contributed by atoms with van der Waals surface area (Å²) in [5.74, 6) is 1.46. The van der Waals surface area contributed by atoms with Gasteiger partial charge in [0.2, 0.25) is 0 Å². The third kappa shape index (κ3) is 6.72. The van der Waals surface area contributed by atoms with Crippen LogP contribution in [0, 0.1) is 5.92 Å². The Balaban J connectivity index is 0.00000289. The van der Waals surface area contributed by atoms with E-state index in [2.05, 4.69) is 15.2 Å². The van der Waals surface area contributed by atoms with E-state index in [-0.39, 0.29) is 30.7 Å². The van der Waals surface area contributed by atoms with E-state index < -0.39 is 0 Å². The summed E-state index contributed by atoms with van der Waals surface area (Å²) in [6.07, 6.45) is 1.61. The average molecular weight is 373 g/mol. The molecule has 1 aliphatic heterocycles. The zero-order valence-electron chi connectivity index (χ0n) is 11.3. The van der Waals surface area contributed by atoms with Gasteiger partial charge in [-0.1, -0.05) is 0 Å². The minimum absolute atomic E-state index is 0. The predicted molar refractivity (Wildman–Crippen MR) is 83.5 cm³/mol. The molecule has 0 aromatic heterocycles. The molecule has 0 amide bonds. The third-order valence-electron chi connectivity index (χ3n) is 2.81. The molecule has 0 spiro atoms. The van der Waals surface area contributed by atoms with E-state index in [1.165, 1.54) is 0 Å². The summed E-state index contributed by atoms with van der Waals surface area (Å²) < 4.78 is 17.4. The van der Waals surface area contributed by atoms with Crippen molar-refractivity contribution in [1.82, 2.24) is 10.2 Å². The van der Waals surface area contributed by atoms with Gasteiger partial charge in [-0.25, -0.2) is 0 Å². The van der Waals surface area contributed by atoms with Crippen molar-refractivity contribution in [2.45, 2.75) is 19.8 Å². The molecule has 108 valence electrons. The first kappa shape index (κ1) is 17.9. The van der Waals surface area contributed by atoms with Crippen molar-refractivity contribution in [3.63, 3.8) is 0 Å². The Kier molecular flexibility index (Phi) is 10.7. The van der Waals surface area contributed by atoms with E-state index in [0.29, 0.717) is 18.9 Å². The third-order valence-corrected chi connectivity index (χ3v) is 2.81. The highest BCUT2D eigenvalue weighted by atomic mass is 127. The molecule has 0 bridgehead atoms. The Hall–Kier alpha value is -0.110. The van der Waals surface area contributed by atoms with Crippen LogP contribution in [0.1, 0.15) is 19.8 Å².